The third kappa shape index (κ3) is 3.45. The van der Waals surface area contributed by atoms with E-state index in [0.29, 0.717) is 30.6 Å². The average Bonchev–Trinajstić information content (AvgIpc) is 3.34. The monoisotopic (exact) mass is 368 g/mol. The standard InChI is InChI=1S/C18H20N6O3/c1-27-11-13-8-24(21-20-13)14-6-7-22(9-14)17(25)10-23-12-19-16-5-3-2-4-15(16)18(23)26/h2-5,8,12,14H,6-7,9-11H2,1H3. The van der Waals surface area contributed by atoms with E-state index >= 15 is 0 Å². The van der Waals surface area contributed by atoms with E-state index in [1.165, 1.54) is 10.9 Å². The molecular weight excluding hydrogens is 348 g/mol. The van der Waals surface area contributed by atoms with Crippen LogP contribution in [0, 0.1) is 0 Å². The summed E-state index contributed by atoms with van der Waals surface area (Å²) in [4.78, 5) is 31.2. The fourth-order valence-electron chi connectivity index (χ4n) is 3.35. The van der Waals surface area contributed by atoms with Crippen LogP contribution in [0.4, 0.5) is 0 Å². The maximum atomic E-state index is 12.7. The first-order chi connectivity index (χ1) is 13.2. The van der Waals surface area contributed by atoms with Gasteiger partial charge in [-0.3, -0.25) is 14.2 Å². The van der Waals surface area contributed by atoms with Crippen LogP contribution in [0.2, 0.25) is 0 Å². The molecule has 1 atom stereocenters. The number of hydrogen-bond donors (Lipinski definition) is 0. The zero-order valence-electron chi connectivity index (χ0n) is 15.0. The van der Waals surface area contributed by atoms with Gasteiger partial charge in [-0.05, 0) is 18.6 Å². The Bertz CT molecular complexity index is 1030. The number of fused-ring (bicyclic) bond motifs is 1. The normalized spacial score (nSPS) is 16.9. The molecule has 1 fully saturated rings. The molecule has 3 heterocycles. The SMILES string of the molecule is COCc1cn(C2CCN(C(=O)Cn3cnc4ccccc4c3=O)C2)nn1. The molecule has 9 heteroatoms. The quantitative estimate of drug-likeness (QED) is 0.655. The molecule has 0 N–H and O–H groups in total. The third-order valence-electron chi connectivity index (χ3n) is 4.78. The van der Waals surface area contributed by atoms with Crippen molar-refractivity contribution in [3.63, 3.8) is 0 Å². The summed E-state index contributed by atoms with van der Waals surface area (Å²) in [6, 6.07) is 7.21. The summed E-state index contributed by atoms with van der Waals surface area (Å²) in [6.45, 7) is 1.56. The Morgan fingerprint density at radius 3 is 3.04 bits per heavy atom. The van der Waals surface area contributed by atoms with Gasteiger partial charge in [0.05, 0.1) is 36.1 Å². The highest BCUT2D eigenvalue weighted by Crippen LogP contribution is 2.21. The Kier molecular flexibility index (Phi) is 4.68. The van der Waals surface area contributed by atoms with E-state index in [1.807, 2.05) is 12.3 Å². The molecule has 27 heavy (non-hydrogen) atoms. The van der Waals surface area contributed by atoms with Crippen molar-refractivity contribution in [2.75, 3.05) is 20.2 Å². The lowest BCUT2D eigenvalue weighted by molar-refractivity contribution is -0.130. The summed E-state index contributed by atoms with van der Waals surface area (Å²) < 4.78 is 8.20. The Labute approximate surface area is 155 Å². The minimum atomic E-state index is -0.204. The topological polar surface area (TPSA) is 95.1 Å². The maximum absolute atomic E-state index is 12.7. The molecule has 1 aliphatic heterocycles. The highest BCUT2D eigenvalue weighted by molar-refractivity contribution is 5.79. The zero-order chi connectivity index (χ0) is 18.8. The van der Waals surface area contributed by atoms with E-state index in [2.05, 4.69) is 15.3 Å². The van der Waals surface area contributed by atoms with Gasteiger partial charge in [0.1, 0.15) is 12.2 Å². The van der Waals surface area contributed by atoms with Crippen LogP contribution in [-0.4, -0.2) is 55.6 Å². The van der Waals surface area contributed by atoms with Crippen molar-refractivity contribution in [1.82, 2.24) is 29.4 Å². The van der Waals surface area contributed by atoms with Crippen molar-refractivity contribution in [3.8, 4) is 0 Å². The molecular formula is C18H20N6O3. The lowest BCUT2D eigenvalue weighted by Crippen LogP contribution is -2.35. The molecule has 2 aromatic heterocycles. The summed E-state index contributed by atoms with van der Waals surface area (Å²) in [5.74, 6) is -0.103. The zero-order valence-corrected chi connectivity index (χ0v) is 15.0. The first kappa shape index (κ1) is 17.3. The van der Waals surface area contributed by atoms with Gasteiger partial charge in [0.15, 0.2) is 0 Å². The molecule has 1 aliphatic rings. The van der Waals surface area contributed by atoms with E-state index in [-0.39, 0.29) is 24.1 Å². The van der Waals surface area contributed by atoms with Crippen LogP contribution in [0.3, 0.4) is 0 Å². The molecule has 1 amide bonds. The van der Waals surface area contributed by atoms with Crippen molar-refractivity contribution in [3.05, 3.63) is 52.8 Å². The van der Waals surface area contributed by atoms with E-state index in [4.69, 9.17) is 4.74 Å². The van der Waals surface area contributed by atoms with Gasteiger partial charge >= 0.3 is 0 Å². The number of carbonyl (C=O) groups is 1. The highest BCUT2D eigenvalue weighted by Gasteiger charge is 2.28. The van der Waals surface area contributed by atoms with Crippen LogP contribution in [-0.2, 0) is 22.7 Å². The van der Waals surface area contributed by atoms with Crippen molar-refractivity contribution in [2.24, 2.45) is 0 Å². The van der Waals surface area contributed by atoms with Gasteiger partial charge < -0.3 is 9.64 Å². The first-order valence-electron chi connectivity index (χ1n) is 8.77. The first-order valence-corrected chi connectivity index (χ1v) is 8.77. The molecule has 4 rings (SSSR count). The molecule has 3 aromatic rings. The summed E-state index contributed by atoms with van der Waals surface area (Å²) >= 11 is 0. The second kappa shape index (κ2) is 7.28. The number of aromatic nitrogens is 5. The van der Waals surface area contributed by atoms with Gasteiger partial charge in [0, 0.05) is 20.2 Å². The Morgan fingerprint density at radius 1 is 1.33 bits per heavy atom. The van der Waals surface area contributed by atoms with Crippen molar-refractivity contribution >= 4 is 16.8 Å². The van der Waals surface area contributed by atoms with E-state index in [0.717, 1.165) is 12.1 Å². The summed E-state index contributed by atoms with van der Waals surface area (Å²) in [7, 11) is 1.61. The lowest BCUT2D eigenvalue weighted by atomic mass is 10.2. The van der Waals surface area contributed by atoms with E-state index in [1.54, 1.807) is 34.9 Å². The number of amides is 1. The molecule has 1 saturated heterocycles. The van der Waals surface area contributed by atoms with Crippen LogP contribution in [0.1, 0.15) is 18.2 Å². The summed E-state index contributed by atoms with van der Waals surface area (Å²) in [5.41, 5.74) is 1.19. The number of hydrogen-bond acceptors (Lipinski definition) is 6. The van der Waals surface area contributed by atoms with Crippen LogP contribution in [0.15, 0.2) is 41.6 Å². The molecule has 9 nitrogen and oxygen atoms in total. The smallest absolute Gasteiger partial charge is 0.261 e. The predicted octanol–water partition coefficient (Wildman–Crippen LogP) is 0.608. The number of carbonyl (C=O) groups excluding carboxylic acids is 1. The van der Waals surface area contributed by atoms with Gasteiger partial charge in [-0.15, -0.1) is 5.10 Å². The fraction of sp³-hybridized carbons (Fsp3) is 0.389. The highest BCUT2D eigenvalue weighted by atomic mass is 16.5. The van der Waals surface area contributed by atoms with Gasteiger partial charge in [-0.25, -0.2) is 9.67 Å². The molecule has 1 unspecified atom stereocenters. The van der Waals surface area contributed by atoms with Crippen LogP contribution in [0.25, 0.3) is 10.9 Å². The second-order valence-electron chi connectivity index (χ2n) is 6.60. The number of ether oxygens (including phenoxy) is 1. The Balaban J connectivity index is 1.45. The van der Waals surface area contributed by atoms with Gasteiger partial charge in [-0.1, -0.05) is 17.3 Å². The van der Waals surface area contributed by atoms with Crippen molar-refractivity contribution in [2.45, 2.75) is 25.6 Å². The molecule has 0 bridgehead atoms. The fourth-order valence-corrected chi connectivity index (χ4v) is 3.35. The molecule has 0 aliphatic carbocycles. The van der Waals surface area contributed by atoms with Gasteiger partial charge in [-0.2, -0.15) is 0 Å². The van der Waals surface area contributed by atoms with E-state index in [9.17, 15) is 9.59 Å². The van der Waals surface area contributed by atoms with Crippen LogP contribution < -0.4 is 5.56 Å². The maximum Gasteiger partial charge on any atom is 0.261 e. The van der Waals surface area contributed by atoms with Gasteiger partial charge in [0.25, 0.3) is 5.56 Å². The number of likely N-dealkylation sites (tertiary alicyclic amines) is 1. The van der Waals surface area contributed by atoms with Crippen LogP contribution in [0.5, 0.6) is 0 Å². The van der Waals surface area contributed by atoms with Crippen molar-refractivity contribution < 1.29 is 9.53 Å². The molecule has 0 saturated carbocycles. The number of para-hydroxylation sites is 1. The number of nitrogens with zero attached hydrogens (tertiary/aromatic N) is 6. The second-order valence-corrected chi connectivity index (χ2v) is 6.60. The lowest BCUT2D eigenvalue weighted by Gasteiger charge is -2.17. The Hall–Kier alpha value is -3.07. The Morgan fingerprint density at radius 2 is 2.19 bits per heavy atom. The largest absolute Gasteiger partial charge is 0.378 e. The minimum absolute atomic E-state index is 0.0182. The predicted molar refractivity (Wildman–Crippen MR) is 97.0 cm³/mol. The van der Waals surface area contributed by atoms with Crippen LogP contribution >= 0.6 is 0 Å². The number of benzene rings is 1. The summed E-state index contributed by atoms with van der Waals surface area (Å²) in [5, 5.41) is 8.70. The molecule has 0 radical (unpaired) electrons. The average molecular weight is 368 g/mol. The molecule has 140 valence electrons. The van der Waals surface area contributed by atoms with Crippen molar-refractivity contribution in [1.29, 1.82) is 0 Å². The number of methoxy groups -OCH3 is 1. The van der Waals surface area contributed by atoms with Gasteiger partial charge in [0.2, 0.25) is 5.91 Å². The summed E-state index contributed by atoms with van der Waals surface area (Å²) in [6.07, 6.45) is 4.08. The van der Waals surface area contributed by atoms with E-state index < -0.39 is 0 Å². The third-order valence-corrected chi connectivity index (χ3v) is 4.78. The molecule has 0 spiro atoms. The molecule has 1 aromatic carbocycles. The number of rotatable bonds is 5. The minimum Gasteiger partial charge on any atom is -0.378 e.